The van der Waals surface area contributed by atoms with Gasteiger partial charge in [0.15, 0.2) is 0 Å². The molecule has 0 saturated heterocycles. The number of carboxylic acids is 1. The number of nitrogen functional groups attached to an aromatic ring is 1. The molecular weight excluding hydrogens is 172 g/mol. The normalized spacial score (nSPS) is 12.4. The molecule has 0 unspecified atom stereocenters. The van der Waals surface area contributed by atoms with E-state index < -0.39 is 12.0 Å². The van der Waals surface area contributed by atoms with Crippen LogP contribution in [0, 0.1) is 0 Å². The van der Waals surface area contributed by atoms with Crippen LogP contribution in [0.15, 0.2) is 18.2 Å². The minimum atomic E-state index is -1.15. The van der Waals surface area contributed by atoms with Crippen molar-refractivity contribution in [3.05, 3.63) is 23.8 Å². The molecule has 0 spiro atoms. The molecule has 0 saturated carbocycles. The predicted molar refractivity (Wildman–Crippen MR) is 47.1 cm³/mol. The average molecular weight is 182 g/mol. The molecule has 1 rings (SSSR count). The summed E-state index contributed by atoms with van der Waals surface area (Å²) < 4.78 is 0. The average Bonchev–Trinajstić information content (AvgIpc) is 2.08. The fourth-order valence-corrected chi connectivity index (χ4v) is 0.897. The van der Waals surface area contributed by atoms with Crippen LogP contribution in [0.5, 0.6) is 5.75 Å². The monoisotopic (exact) mass is 182 g/mol. The van der Waals surface area contributed by atoms with Crippen molar-refractivity contribution in [3.8, 4) is 5.75 Å². The summed E-state index contributed by atoms with van der Waals surface area (Å²) in [7, 11) is 0. The number of phenols is 1. The molecule has 0 aromatic heterocycles. The summed E-state index contributed by atoms with van der Waals surface area (Å²) in [6, 6.07) is 2.99. The smallest absolute Gasteiger partial charge is 0.325 e. The van der Waals surface area contributed by atoms with Crippen LogP contribution in [0.25, 0.3) is 0 Å². The summed E-state index contributed by atoms with van der Waals surface area (Å²) in [4.78, 5) is 10.5. The highest BCUT2D eigenvalue weighted by atomic mass is 16.4. The number of aliphatic carboxylic acids is 1. The Morgan fingerprint density at radius 2 is 2.08 bits per heavy atom. The second-order valence-electron chi connectivity index (χ2n) is 2.63. The van der Waals surface area contributed by atoms with Gasteiger partial charge in [0.2, 0.25) is 0 Å². The maximum absolute atomic E-state index is 10.5. The van der Waals surface area contributed by atoms with Gasteiger partial charge in [0.05, 0.1) is 5.69 Å². The van der Waals surface area contributed by atoms with Gasteiger partial charge in [-0.3, -0.25) is 4.79 Å². The molecule has 1 aromatic rings. The van der Waals surface area contributed by atoms with Crippen molar-refractivity contribution < 1.29 is 15.0 Å². The van der Waals surface area contributed by atoms with Crippen molar-refractivity contribution >= 4 is 11.7 Å². The third-order valence-corrected chi connectivity index (χ3v) is 1.68. The second kappa shape index (κ2) is 3.32. The first kappa shape index (κ1) is 9.34. The lowest BCUT2D eigenvalue weighted by Gasteiger charge is -2.07. The number of aromatic hydroxyl groups is 1. The SMILES string of the molecule is Nc1ccc([C@H](N)C(=O)O)cc1O. The van der Waals surface area contributed by atoms with Crippen molar-refractivity contribution in [3.63, 3.8) is 0 Å². The van der Waals surface area contributed by atoms with E-state index in [1.165, 1.54) is 18.2 Å². The fourth-order valence-electron chi connectivity index (χ4n) is 0.897. The number of benzene rings is 1. The molecule has 0 bridgehead atoms. The standard InChI is InChI=1S/C8H10N2O3/c9-5-2-1-4(3-6(5)11)7(10)8(12)13/h1-3,7,11H,9-10H2,(H,12,13)/t7-/m0/s1. The van der Waals surface area contributed by atoms with Crippen molar-refractivity contribution in [1.82, 2.24) is 0 Å². The van der Waals surface area contributed by atoms with Crippen LogP contribution in [0.1, 0.15) is 11.6 Å². The predicted octanol–water partition coefficient (Wildman–Crippen LogP) is 0.0588. The number of carbonyl (C=O) groups is 1. The van der Waals surface area contributed by atoms with E-state index in [-0.39, 0.29) is 11.4 Å². The van der Waals surface area contributed by atoms with Gasteiger partial charge in [-0.1, -0.05) is 6.07 Å². The third kappa shape index (κ3) is 1.88. The summed E-state index contributed by atoms with van der Waals surface area (Å²) in [5.41, 5.74) is 11.1. The highest BCUT2D eigenvalue weighted by molar-refractivity contribution is 5.75. The summed E-state index contributed by atoms with van der Waals surface area (Å²) in [5.74, 6) is -1.31. The zero-order valence-electron chi connectivity index (χ0n) is 6.77. The molecule has 0 aliphatic rings. The largest absolute Gasteiger partial charge is 0.506 e. The van der Waals surface area contributed by atoms with Gasteiger partial charge >= 0.3 is 5.97 Å². The molecule has 5 nitrogen and oxygen atoms in total. The molecular formula is C8H10N2O3. The van der Waals surface area contributed by atoms with E-state index in [9.17, 15) is 4.79 Å². The summed E-state index contributed by atoms with van der Waals surface area (Å²) in [6.45, 7) is 0. The maximum atomic E-state index is 10.5. The van der Waals surface area contributed by atoms with Crippen LogP contribution in [0.4, 0.5) is 5.69 Å². The van der Waals surface area contributed by atoms with Gasteiger partial charge in [-0.2, -0.15) is 0 Å². The number of carboxylic acid groups (broad SMARTS) is 1. The first-order valence-corrected chi connectivity index (χ1v) is 3.59. The van der Waals surface area contributed by atoms with Crippen LogP contribution in [-0.4, -0.2) is 16.2 Å². The molecule has 13 heavy (non-hydrogen) atoms. The van der Waals surface area contributed by atoms with Crippen LogP contribution < -0.4 is 11.5 Å². The van der Waals surface area contributed by atoms with Crippen LogP contribution in [0.2, 0.25) is 0 Å². The van der Waals surface area contributed by atoms with Gasteiger partial charge < -0.3 is 21.7 Å². The summed E-state index contributed by atoms with van der Waals surface area (Å²) in [6.07, 6.45) is 0. The lowest BCUT2D eigenvalue weighted by Crippen LogP contribution is -2.20. The molecule has 5 heteroatoms. The Hall–Kier alpha value is -1.75. The number of hydrogen-bond acceptors (Lipinski definition) is 4. The van der Waals surface area contributed by atoms with Crippen LogP contribution in [-0.2, 0) is 4.79 Å². The maximum Gasteiger partial charge on any atom is 0.325 e. The number of hydrogen-bond donors (Lipinski definition) is 4. The van der Waals surface area contributed by atoms with Crippen molar-refractivity contribution in [1.29, 1.82) is 0 Å². The fraction of sp³-hybridized carbons (Fsp3) is 0.125. The van der Waals surface area contributed by atoms with Crippen LogP contribution in [0.3, 0.4) is 0 Å². The molecule has 0 aliphatic carbocycles. The number of phenolic OH excluding ortho intramolecular Hbond substituents is 1. The number of nitrogens with two attached hydrogens (primary N) is 2. The first-order valence-electron chi connectivity index (χ1n) is 3.59. The van der Waals surface area contributed by atoms with E-state index in [0.717, 1.165) is 0 Å². The molecule has 1 atom stereocenters. The second-order valence-corrected chi connectivity index (χ2v) is 2.63. The molecule has 6 N–H and O–H groups in total. The number of anilines is 1. The lowest BCUT2D eigenvalue weighted by molar-refractivity contribution is -0.138. The minimum Gasteiger partial charge on any atom is -0.506 e. The van der Waals surface area contributed by atoms with E-state index >= 15 is 0 Å². The summed E-state index contributed by atoms with van der Waals surface area (Å²) >= 11 is 0. The minimum absolute atomic E-state index is 0.158. The molecule has 0 heterocycles. The Morgan fingerprint density at radius 3 is 2.54 bits per heavy atom. The van der Waals surface area contributed by atoms with E-state index in [2.05, 4.69) is 0 Å². The van der Waals surface area contributed by atoms with Crippen molar-refractivity contribution in [2.24, 2.45) is 5.73 Å². The molecule has 0 fully saturated rings. The Kier molecular flexibility index (Phi) is 2.39. The number of rotatable bonds is 2. The quantitative estimate of drug-likeness (QED) is 0.382. The molecule has 70 valence electrons. The van der Waals surface area contributed by atoms with E-state index in [4.69, 9.17) is 21.7 Å². The third-order valence-electron chi connectivity index (χ3n) is 1.68. The van der Waals surface area contributed by atoms with E-state index in [0.29, 0.717) is 5.56 Å². The van der Waals surface area contributed by atoms with Gasteiger partial charge in [0.1, 0.15) is 11.8 Å². The first-order chi connectivity index (χ1) is 6.02. The Morgan fingerprint density at radius 1 is 1.46 bits per heavy atom. The van der Waals surface area contributed by atoms with E-state index in [1.807, 2.05) is 0 Å². The van der Waals surface area contributed by atoms with Gasteiger partial charge in [-0.25, -0.2) is 0 Å². The Bertz CT molecular complexity index is 338. The molecule has 0 amide bonds. The van der Waals surface area contributed by atoms with Crippen LogP contribution >= 0.6 is 0 Å². The molecule has 1 aromatic carbocycles. The highest BCUT2D eigenvalue weighted by Crippen LogP contribution is 2.23. The van der Waals surface area contributed by atoms with E-state index in [1.54, 1.807) is 0 Å². The van der Waals surface area contributed by atoms with Gasteiger partial charge in [-0.05, 0) is 17.7 Å². The Balaban J connectivity index is 3.03. The zero-order chi connectivity index (χ0) is 10.0. The summed E-state index contributed by atoms with van der Waals surface area (Å²) in [5, 5.41) is 17.7. The topological polar surface area (TPSA) is 110 Å². The van der Waals surface area contributed by atoms with Gasteiger partial charge in [0, 0.05) is 0 Å². The Labute approximate surface area is 74.6 Å². The molecule has 0 radical (unpaired) electrons. The van der Waals surface area contributed by atoms with Crippen molar-refractivity contribution in [2.75, 3.05) is 5.73 Å². The zero-order valence-corrected chi connectivity index (χ0v) is 6.77. The van der Waals surface area contributed by atoms with Gasteiger partial charge in [-0.15, -0.1) is 0 Å². The lowest BCUT2D eigenvalue weighted by atomic mass is 10.1. The highest BCUT2D eigenvalue weighted by Gasteiger charge is 2.14. The molecule has 0 aliphatic heterocycles. The van der Waals surface area contributed by atoms with Gasteiger partial charge in [0.25, 0.3) is 0 Å². The van der Waals surface area contributed by atoms with Crippen molar-refractivity contribution in [2.45, 2.75) is 6.04 Å².